The van der Waals surface area contributed by atoms with Gasteiger partial charge in [0.1, 0.15) is 11.2 Å². The molecule has 6 aromatic rings. The molecule has 0 fully saturated rings. The lowest BCUT2D eigenvalue weighted by Gasteiger charge is -2.09. The number of fused-ring (bicyclic) bond motifs is 7. The minimum Gasteiger partial charge on any atom is -0.455 e. The summed E-state index contributed by atoms with van der Waals surface area (Å²) in [5.74, 6) is 0. The Morgan fingerprint density at radius 1 is 0.833 bits per heavy atom. The molecule has 1 aromatic heterocycles. The molecule has 3 nitrogen and oxygen atoms in total. The molecule has 0 amide bonds. The predicted octanol–water partition coefficient (Wildman–Crippen LogP) is 8.65. The van der Waals surface area contributed by atoms with Crippen LogP contribution in [0.25, 0.3) is 49.1 Å². The zero-order valence-corrected chi connectivity index (χ0v) is 20.6. The molecule has 0 spiro atoms. The van der Waals surface area contributed by atoms with Gasteiger partial charge in [-0.15, -0.1) is 0 Å². The van der Waals surface area contributed by atoms with Crippen molar-refractivity contribution in [2.45, 2.75) is 11.8 Å². The zero-order chi connectivity index (χ0) is 24.6. The van der Waals surface area contributed by atoms with Gasteiger partial charge in [0.2, 0.25) is 0 Å². The van der Waals surface area contributed by atoms with E-state index in [1.54, 1.807) is 6.20 Å². The molecule has 0 aliphatic heterocycles. The van der Waals surface area contributed by atoms with Crippen molar-refractivity contribution in [3.63, 3.8) is 0 Å². The number of allylic oxidation sites excluding steroid dienone is 3. The van der Waals surface area contributed by atoms with Crippen molar-refractivity contribution in [3.05, 3.63) is 120 Å². The van der Waals surface area contributed by atoms with Crippen LogP contribution >= 0.6 is 0 Å². The lowest BCUT2D eigenvalue weighted by atomic mass is 9.95. The fourth-order valence-corrected chi connectivity index (χ4v) is 5.90. The maximum atomic E-state index is 13.2. The highest BCUT2D eigenvalue weighted by Gasteiger charge is 2.19. The van der Waals surface area contributed by atoms with Crippen molar-refractivity contribution in [1.82, 2.24) is 0 Å². The molecule has 1 atom stereocenters. The average molecular weight is 486 g/mol. The van der Waals surface area contributed by atoms with E-state index in [0.717, 1.165) is 59.0 Å². The minimum absolute atomic E-state index is 0.721. The highest BCUT2D eigenvalue weighted by Crippen LogP contribution is 2.42. The first-order valence-corrected chi connectivity index (χ1v) is 12.9. The van der Waals surface area contributed by atoms with Crippen LogP contribution in [0.4, 0.5) is 0 Å². The predicted molar refractivity (Wildman–Crippen MR) is 153 cm³/mol. The molecular weight excluding hydrogens is 462 g/mol. The van der Waals surface area contributed by atoms with Crippen molar-refractivity contribution in [2.75, 3.05) is 0 Å². The molecule has 0 saturated carbocycles. The maximum absolute atomic E-state index is 13.2. The molecule has 5 aromatic carbocycles. The second kappa shape index (κ2) is 9.06. The molecule has 0 aliphatic carbocycles. The molecule has 1 unspecified atom stereocenters. The normalized spacial score (nSPS) is 13.6. The third kappa shape index (κ3) is 3.67. The van der Waals surface area contributed by atoms with Crippen LogP contribution in [0.15, 0.2) is 129 Å². The number of furan rings is 1. The van der Waals surface area contributed by atoms with Crippen molar-refractivity contribution < 1.29 is 8.63 Å². The summed E-state index contributed by atoms with van der Waals surface area (Å²) < 4.78 is 19.8. The second-order valence-corrected chi connectivity index (χ2v) is 10.4. The van der Waals surface area contributed by atoms with Gasteiger partial charge >= 0.3 is 0 Å². The first-order valence-electron chi connectivity index (χ1n) is 11.7. The van der Waals surface area contributed by atoms with E-state index in [4.69, 9.17) is 4.42 Å². The van der Waals surface area contributed by atoms with Crippen LogP contribution in [0, 0.1) is 0 Å². The van der Waals surface area contributed by atoms with Gasteiger partial charge in [0.25, 0.3) is 0 Å². The number of benzene rings is 5. The van der Waals surface area contributed by atoms with Gasteiger partial charge in [0.15, 0.2) is 0 Å². The van der Waals surface area contributed by atoms with E-state index in [0.29, 0.717) is 0 Å². The Bertz CT molecular complexity index is 1880. The summed E-state index contributed by atoms with van der Waals surface area (Å²) in [6.07, 6.45) is 3.63. The molecule has 0 bridgehead atoms. The lowest BCUT2D eigenvalue weighted by molar-refractivity contribution is 0.668. The van der Waals surface area contributed by atoms with Gasteiger partial charge in [-0.05, 0) is 65.5 Å². The largest absolute Gasteiger partial charge is 0.455 e. The molecular formula is C32H23NO2S. The highest BCUT2D eigenvalue weighted by molar-refractivity contribution is 7.89. The number of aliphatic imine (C=N–C) groups is 1. The summed E-state index contributed by atoms with van der Waals surface area (Å²) in [5.41, 5.74) is 3.30. The fraction of sp³-hybridized carbons (Fsp3) is 0.0312. The Kier molecular flexibility index (Phi) is 5.59. The molecule has 4 heteroatoms. The van der Waals surface area contributed by atoms with Gasteiger partial charge in [0, 0.05) is 37.9 Å². The van der Waals surface area contributed by atoms with Crippen LogP contribution in [0.5, 0.6) is 0 Å². The van der Waals surface area contributed by atoms with Gasteiger partial charge in [-0.25, -0.2) is 4.21 Å². The SMILES string of the molecule is C=N/C=C(\C=C(/C)S(=O)c1ccccc1)c1cc2ccccc2c2c1oc1ccc3ccccc3c12. The monoisotopic (exact) mass is 485 g/mol. The summed E-state index contributed by atoms with van der Waals surface area (Å²) in [5, 5.41) is 6.72. The van der Waals surface area contributed by atoms with Gasteiger partial charge in [-0.2, -0.15) is 0 Å². The zero-order valence-electron chi connectivity index (χ0n) is 19.8. The Morgan fingerprint density at radius 2 is 1.50 bits per heavy atom. The summed E-state index contributed by atoms with van der Waals surface area (Å²) in [4.78, 5) is 5.57. The van der Waals surface area contributed by atoms with Crippen LogP contribution in [0.3, 0.4) is 0 Å². The van der Waals surface area contributed by atoms with Gasteiger partial charge in [-0.1, -0.05) is 72.8 Å². The van der Waals surface area contributed by atoms with Crippen LogP contribution < -0.4 is 0 Å². The van der Waals surface area contributed by atoms with E-state index < -0.39 is 10.8 Å². The van der Waals surface area contributed by atoms with Gasteiger partial charge in [0.05, 0.1) is 10.8 Å². The van der Waals surface area contributed by atoms with Gasteiger partial charge < -0.3 is 4.42 Å². The average Bonchev–Trinajstić information content (AvgIpc) is 3.33. The number of rotatable bonds is 5. The molecule has 174 valence electrons. The van der Waals surface area contributed by atoms with Crippen molar-refractivity contribution in [2.24, 2.45) is 4.99 Å². The van der Waals surface area contributed by atoms with E-state index in [1.165, 1.54) is 5.39 Å². The van der Waals surface area contributed by atoms with E-state index >= 15 is 0 Å². The molecule has 0 aliphatic rings. The quantitative estimate of drug-likeness (QED) is 0.181. The van der Waals surface area contributed by atoms with E-state index in [9.17, 15) is 4.21 Å². The van der Waals surface area contributed by atoms with Crippen LogP contribution in [-0.2, 0) is 10.8 Å². The van der Waals surface area contributed by atoms with E-state index in [2.05, 4.69) is 66.3 Å². The Morgan fingerprint density at radius 3 is 2.25 bits per heavy atom. The topological polar surface area (TPSA) is 42.6 Å². The van der Waals surface area contributed by atoms with E-state index in [1.807, 2.05) is 55.5 Å². The first kappa shape index (κ1) is 22.2. The first-order chi connectivity index (χ1) is 17.7. The molecule has 1 heterocycles. The number of nitrogens with zero attached hydrogens (tertiary/aromatic N) is 1. The van der Waals surface area contributed by atoms with Crippen LogP contribution in [0.2, 0.25) is 0 Å². The van der Waals surface area contributed by atoms with Crippen molar-refractivity contribution in [1.29, 1.82) is 0 Å². The Balaban J connectivity index is 1.66. The second-order valence-electron chi connectivity index (χ2n) is 8.72. The Hall–Kier alpha value is -4.28. The summed E-state index contributed by atoms with van der Waals surface area (Å²) in [6.45, 7) is 5.58. The lowest BCUT2D eigenvalue weighted by Crippen LogP contribution is -1.94. The fourth-order valence-electron chi connectivity index (χ4n) is 4.89. The molecule has 0 radical (unpaired) electrons. The summed E-state index contributed by atoms with van der Waals surface area (Å²) in [6, 6.07) is 32.4. The molecule has 6 rings (SSSR count). The van der Waals surface area contributed by atoms with Crippen LogP contribution in [-0.4, -0.2) is 10.9 Å². The summed E-state index contributed by atoms with van der Waals surface area (Å²) >= 11 is 0. The third-order valence-corrected chi connectivity index (χ3v) is 7.91. The Labute approximate surface area is 211 Å². The van der Waals surface area contributed by atoms with Crippen molar-refractivity contribution >= 4 is 66.6 Å². The van der Waals surface area contributed by atoms with E-state index in [-0.39, 0.29) is 0 Å². The smallest absolute Gasteiger partial charge is 0.143 e. The summed E-state index contributed by atoms with van der Waals surface area (Å²) in [7, 11) is -1.29. The van der Waals surface area contributed by atoms with Gasteiger partial charge in [-0.3, -0.25) is 4.99 Å². The number of hydrogen-bond donors (Lipinski definition) is 0. The van der Waals surface area contributed by atoms with Crippen LogP contribution in [0.1, 0.15) is 12.5 Å². The standard InChI is InChI=1S/C32H23NO2S/c1-21(36(34)25-12-4-3-5-13-25)18-24(20-33-2)28-19-23-11-7-9-15-27(23)31-30-26-14-8-6-10-22(26)16-17-29(30)35-32(28)31/h3-20H,2H2,1H3/b21-18+,24-20+. The molecule has 36 heavy (non-hydrogen) atoms. The minimum atomic E-state index is -1.29. The maximum Gasteiger partial charge on any atom is 0.143 e. The van der Waals surface area contributed by atoms with Crippen molar-refractivity contribution in [3.8, 4) is 0 Å². The third-order valence-electron chi connectivity index (χ3n) is 6.50. The molecule has 0 saturated heterocycles. The number of hydrogen-bond acceptors (Lipinski definition) is 3. The molecule has 0 N–H and O–H groups in total. The highest BCUT2D eigenvalue weighted by atomic mass is 32.2.